The van der Waals surface area contributed by atoms with E-state index < -0.39 is 31.8 Å². The molecule has 1 amide bonds. The fraction of sp³-hybridized carbons (Fsp3) is 0.650. The number of sulfone groups is 1. The van der Waals surface area contributed by atoms with Crippen molar-refractivity contribution in [2.45, 2.75) is 43.0 Å². The molecule has 1 aromatic rings. The number of hydrogen-bond acceptors (Lipinski definition) is 7. The lowest BCUT2D eigenvalue weighted by Crippen LogP contribution is -2.49. The zero-order valence-electron chi connectivity index (χ0n) is 18.3. The molecule has 3 rings (SSSR count). The summed E-state index contributed by atoms with van der Waals surface area (Å²) in [6, 6.07) is 3.78. The molecule has 0 radical (unpaired) electrons. The van der Waals surface area contributed by atoms with Crippen LogP contribution in [0.4, 0.5) is 0 Å². The molecular weight excluding hydrogens is 442 g/mol. The topological polar surface area (TPSA) is 104 Å². The maximum Gasteiger partial charge on any atom is 0.272 e. The molecule has 1 aromatic carbocycles. The number of amides is 1. The largest absolute Gasteiger partial charge is 0.496 e. The van der Waals surface area contributed by atoms with Crippen molar-refractivity contribution in [3.05, 3.63) is 23.8 Å². The fourth-order valence-electron chi connectivity index (χ4n) is 4.21. The smallest absolute Gasteiger partial charge is 0.272 e. The highest BCUT2D eigenvalue weighted by Gasteiger charge is 2.37. The van der Waals surface area contributed by atoms with Crippen LogP contribution in [0.3, 0.4) is 0 Å². The third kappa shape index (κ3) is 5.21. The minimum atomic E-state index is -3.75. The van der Waals surface area contributed by atoms with Gasteiger partial charge in [0.15, 0.2) is 9.84 Å². The van der Waals surface area contributed by atoms with E-state index in [0.29, 0.717) is 19.5 Å². The number of carbonyl (C=O) groups is 1. The molecule has 2 aliphatic rings. The van der Waals surface area contributed by atoms with Gasteiger partial charge >= 0.3 is 0 Å². The van der Waals surface area contributed by atoms with Crippen LogP contribution in [0, 0.1) is 0 Å². The first kappa shape index (κ1) is 24.0. The number of ether oxygens (including phenoxy) is 1. The molecule has 31 heavy (non-hydrogen) atoms. The predicted octanol–water partition coefficient (Wildman–Crippen LogP) is 1.37. The number of hydrogen-bond donors (Lipinski definition) is 0. The second-order valence-electron chi connectivity index (χ2n) is 8.23. The molecule has 174 valence electrons. The summed E-state index contributed by atoms with van der Waals surface area (Å²) < 4.78 is 57.2. The van der Waals surface area contributed by atoms with Crippen LogP contribution in [0.1, 0.15) is 42.5 Å². The van der Waals surface area contributed by atoms with E-state index in [9.17, 15) is 21.6 Å². The summed E-state index contributed by atoms with van der Waals surface area (Å²) in [5.41, 5.74) is 0.0939. The van der Waals surface area contributed by atoms with Gasteiger partial charge in [-0.15, -0.1) is 0 Å². The molecule has 0 spiro atoms. The van der Waals surface area contributed by atoms with Gasteiger partial charge in [0.1, 0.15) is 5.75 Å². The average Bonchev–Trinajstić information content (AvgIpc) is 2.91. The molecule has 2 aliphatic heterocycles. The van der Waals surface area contributed by atoms with Crippen molar-refractivity contribution in [3.8, 4) is 5.75 Å². The lowest BCUT2D eigenvalue weighted by molar-refractivity contribution is 0.000739. The maximum absolute atomic E-state index is 13.5. The van der Waals surface area contributed by atoms with Gasteiger partial charge in [-0.05, 0) is 37.5 Å². The predicted molar refractivity (Wildman–Crippen MR) is 117 cm³/mol. The van der Waals surface area contributed by atoms with Crippen molar-refractivity contribution < 1.29 is 26.4 Å². The monoisotopic (exact) mass is 473 g/mol. The van der Waals surface area contributed by atoms with E-state index in [0.717, 1.165) is 25.7 Å². The van der Waals surface area contributed by atoms with Gasteiger partial charge in [0.25, 0.3) is 5.91 Å². The van der Waals surface area contributed by atoms with Gasteiger partial charge in [-0.25, -0.2) is 21.8 Å². The van der Waals surface area contributed by atoms with Gasteiger partial charge in [0, 0.05) is 27.2 Å². The van der Waals surface area contributed by atoms with E-state index >= 15 is 0 Å². The zero-order chi connectivity index (χ0) is 22.8. The summed E-state index contributed by atoms with van der Waals surface area (Å²) in [6.45, 7) is 0.919. The molecule has 0 bridgehead atoms. The molecule has 11 heteroatoms. The van der Waals surface area contributed by atoms with Crippen LogP contribution in [0.2, 0.25) is 0 Å². The van der Waals surface area contributed by atoms with Gasteiger partial charge < -0.3 is 4.74 Å². The van der Waals surface area contributed by atoms with E-state index in [1.54, 1.807) is 19.1 Å². The Kier molecular flexibility index (Phi) is 7.29. The van der Waals surface area contributed by atoms with Gasteiger partial charge in [-0.1, -0.05) is 12.8 Å². The number of carbonyl (C=O) groups excluding carboxylic acids is 1. The van der Waals surface area contributed by atoms with Gasteiger partial charge in [0.2, 0.25) is 10.0 Å². The van der Waals surface area contributed by atoms with E-state index in [1.807, 2.05) is 0 Å². The minimum Gasteiger partial charge on any atom is -0.496 e. The standard InChI is InChI=1S/C20H31N3O6S2/c1-21(2)23(16-10-13-30(25,26)15-16)20(24)18-14-17(8-9-19(18)29-3)31(27,28)22-11-6-4-5-7-12-22/h8-9,14,16H,4-7,10-13,15H2,1-3H3. The van der Waals surface area contributed by atoms with Crippen LogP contribution in [0.25, 0.3) is 0 Å². The normalized spacial score (nSPS) is 22.3. The highest BCUT2D eigenvalue weighted by Crippen LogP contribution is 2.29. The first-order chi connectivity index (χ1) is 14.6. The summed E-state index contributed by atoms with van der Waals surface area (Å²) >= 11 is 0. The molecule has 0 aromatic heterocycles. The van der Waals surface area contributed by atoms with Crippen molar-refractivity contribution in [2.75, 3.05) is 45.8 Å². The Morgan fingerprint density at radius 1 is 1.13 bits per heavy atom. The number of methoxy groups -OCH3 is 1. The lowest BCUT2D eigenvalue weighted by atomic mass is 10.1. The van der Waals surface area contributed by atoms with Crippen molar-refractivity contribution in [3.63, 3.8) is 0 Å². The van der Waals surface area contributed by atoms with Crippen molar-refractivity contribution >= 4 is 25.8 Å². The van der Waals surface area contributed by atoms with E-state index in [2.05, 4.69) is 0 Å². The molecule has 2 fully saturated rings. The number of nitrogens with zero attached hydrogens (tertiary/aromatic N) is 3. The Morgan fingerprint density at radius 3 is 2.29 bits per heavy atom. The van der Waals surface area contributed by atoms with Crippen LogP contribution in [-0.2, 0) is 19.9 Å². The van der Waals surface area contributed by atoms with E-state index in [1.165, 1.54) is 34.6 Å². The van der Waals surface area contributed by atoms with Crippen molar-refractivity contribution in [1.29, 1.82) is 0 Å². The lowest BCUT2D eigenvalue weighted by Gasteiger charge is -2.34. The highest BCUT2D eigenvalue weighted by molar-refractivity contribution is 7.91. The van der Waals surface area contributed by atoms with Gasteiger partial charge in [-0.2, -0.15) is 4.31 Å². The average molecular weight is 474 g/mol. The molecule has 2 saturated heterocycles. The summed E-state index contributed by atoms with van der Waals surface area (Å²) in [5, 5.41) is 2.92. The third-order valence-corrected chi connectivity index (χ3v) is 9.44. The Hall–Kier alpha value is -1.69. The summed E-state index contributed by atoms with van der Waals surface area (Å²) in [7, 11) is -2.23. The molecule has 9 nitrogen and oxygen atoms in total. The Morgan fingerprint density at radius 2 is 1.77 bits per heavy atom. The van der Waals surface area contributed by atoms with Crippen LogP contribution in [-0.4, -0.2) is 88.9 Å². The number of benzene rings is 1. The first-order valence-electron chi connectivity index (χ1n) is 10.5. The summed E-state index contributed by atoms with van der Waals surface area (Å²) in [6.07, 6.45) is 3.96. The quantitative estimate of drug-likeness (QED) is 0.575. The van der Waals surface area contributed by atoms with E-state index in [-0.39, 0.29) is 27.7 Å². The molecule has 1 unspecified atom stereocenters. The third-order valence-electron chi connectivity index (χ3n) is 5.80. The first-order valence-corrected chi connectivity index (χ1v) is 13.7. The van der Waals surface area contributed by atoms with Crippen molar-refractivity contribution in [1.82, 2.24) is 14.3 Å². The second kappa shape index (κ2) is 9.43. The minimum absolute atomic E-state index is 0.0236. The molecule has 0 saturated carbocycles. The van der Waals surface area contributed by atoms with Crippen LogP contribution in [0.15, 0.2) is 23.1 Å². The Labute approximate surface area is 184 Å². The number of sulfonamides is 1. The molecule has 0 aliphatic carbocycles. The molecule has 1 atom stereocenters. The van der Waals surface area contributed by atoms with E-state index in [4.69, 9.17) is 4.74 Å². The van der Waals surface area contributed by atoms with Crippen LogP contribution < -0.4 is 4.74 Å². The Bertz CT molecular complexity index is 1020. The van der Waals surface area contributed by atoms with Crippen molar-refractivity contribution in [2.24, 2.45) is 0 Å². The zero-order valence-corrected chi connectivity index (χ0v) is 19.9. The molecule has 0 N–H and O–H groups in total. The number of rotatable bonds is 6. The Balaban J connectivity index is 1.98. The van der Waals surface area contributed by atoms with Gasteiger partial charge in [-0.3, -0.25) is 9.80 Å². The van der Waals surface area contributed by atoms with Crippen LogP contribution >= 0.6 is 0 Å². The summed E-state index contributed by atoms with van der Waals surface area (Å²) in [4.78, 5) is 13.5. The molecule has 2 heterocycles. The highest BCUT2D eigenvalue weighted by atomic mass is 32.2. The SMILES string of the molecule is COc1ccc(S(=O)(=O)N2CCCCCC2)cc1C(=O)N(C1CCS(=O)(=O)C1)N(C)C. The maximum atomic E-state index is 13.5. The molecular formula is C20H31N3O6S2. The second-order valence-corrected chi connectivity index (χ2v) is 12.4. The van der Waals surface area contributed by atoms with Crippen LogP contribution in [0.5, 0.6) is 5.75 Å². The fourth-order valence-corrected chi connectivity index (χ4v) is 7.45. The summed E-state index contributed by atoms with van der Waals surface area (Å²) in [5.74, 6) is -0.342. The van der Waals surface area contributed by atoms with Gasteiger partial charge in [0.05, 0.1) is 35.1 Å². The number of hydrazine groups is 1.